The topological polar surface area (TPSA) is 114 Å². The molecule has 0 rings (SSSR count). The van der Waals surface area contributed by atoms with Crippen molar-refractivity contribution in [2.75, 3.05) is 0 Å². The van der Waals surface area contributed by atoms with E-state index in [2.05, 4.69) is 0 Å². The van der Waals surface area contributed by atoms with Crippen LogP contribution in [0.3, 0.4) is 0 Å². The molecule has 0 radical (unpaired) electrons. The van der Waals surface area contributed by atoms with Gasteiger partial charge in [-0.25, -0.2) is 0 Å². The van der Waals surface area contributed by atoms with Crippen LogP contribution in [-0.4, -0.2) is 0 Å². The van der Waals surface area contributed by atoms with Gasteiger partial charge in [-0.3, -0.25) is 0 Å². The molecule has 0 aromatic rings. The molecule has 0 amide bonds. The van der Waals surface area contributed by atoms with Crippen LogP contribution in [0, 0.1) is 0 Å². The fraction of sp³-hybridized carbons (Fsp3) is 0. The third kappa shape index (κ3) is 179. The maximum absolute atomic E-state index is 8.60. The van der Waals surface area contributed by atoms with Gasteiger partial charge in [0.1, 0.15) is 0 Å². The van der Waals surface area contributed by atoms with E-state index in [1.165, 1.54) is 0 Å². The van der Waals surface area contributed by atoms with Gasteiger partial charge in [0.05, 0.1) is 0 Å². The Morgan fingerprint density at radius 2 is 0.800 bits per heavy atom. The van der Waals surface area contributed by atoms with Crippen LogP contribution in [0.2, 0.25) is 0 Å². The first kappa shape index (κ1) is 22.8. The van der Waals surface area contributed by atoms with Crippen molar-refractivity contribution in [3.63, 3.8) is 0 Å². The van der Waals surface area contributed by atoms with Gasteiger partial charge in [0.15, 0.2) is 0 Å². The van der Waals surface area contributed by atoms with Gasteiger partial charge in [-0.05, 0) is 0 Å². The van der Waals surface area contributed by atoms with Gasteiger partial charge in [-0.1, -0.05) is 0 Å². The van der Waals surface area contributed by atoms with E-state index < -0.39 is 37.6 Å². The van der Waals surface area contributed by atoms with E-state index in [-0.39, 0.29) is 48.4 Å². The van der Waals surface area contributed by atoms with Crippen LogP contribution in [0.4, 0.5) is 0 Å². The predicted molar refractivity (Wildman–Crippen MR) is 2.75 cm³/mol. The molecule has 0 N–H and O–H groups in total. The average molecular weight is 312 g/mol. The molecule has 0 bridgehead atoms. The summed E-state index contributed by atoms with van der Waals surface area (Å²) in [5.74, 6) is 0. The number of hydrogen-bond donors (Lipinski definition) is 0. The molecule has 0 aliphatic carbocycles. The van der Waals surface area contributed by atoms with Gasteiger partial charge in [0.25, 0.3) is 0 Å². The van der Waals surface area contributed by atoms with Crippen LogP contribution in [0.5, 0.6) is 0 Å². The Bertz CT molecular complexity index is 133. The molecule has 0 aliphatic heterocycles. The van der Waals surface area contributed by atoms with Crippen LogP contribution in [-0.2, 0) is 50.6 Å². The van der Waals surface area contributed by atoms with E-state index in [4.69, 9.17) is 20.2 Å². The van der Waals surface area contributed by atoms with Crippen molar-refractivity contribution >= 4 is 0 Å². The molecule has 10 heteroatoms. The molecule has 0 aromatic carbocycles. The second-order valence-corrected chi connectivity index (χ2v) is 2.65. The summed E-state index contributed by atoms with van der Waals surface area (Å²) in [6, 6.07) is 0. The molecule has 0 unspecified atom stereocenters. The van der Waals surface area contributed by atoms with Gasteiger partial charge >= 0.3 is 106 Å². The van der Waals surface area contributed by atoms with Gasteiger partial charge in [0.2, 0.25) is 0 Å². The molecule has 0 aromatic heterocycles. The summed E-state index contributed by atoms with van der Waals surface area (Å²) in [5.41, 5.74) is 0. The van der Waals surface area contributed by atoms with Crippen LogP contribution in [0.25, 0.3) is 0 Å². The summed E-state index contributed by atoms with van der Waals surface area (Å²) in [7, 11) is 0. The SMILES string of the molecule is [Li+].[Na+].[O]=[Nb](=[O])[O-].[O]=[Nb](=[O])[O-]. The third-order valence-corrected chi connectivity index (χ3v) is 0. The second-order valence-electron chi connectivity index (χ2n) is 0.447. The monoisotopic (exact) mass is 312 g/mol. The Labute approximate surface area is 104 Å². The zero-order valence-electron chi connectivity index (χ0n) is 5.34. The molecule has 0 fully saturated rings. The van der Waals surface area contributed by atoms with Crippen molar-refractivity contribution < 1.29 is 106 Å². The average Bonchev–Trinajstić information content (AvgIpc) is 1.25. The van der Waals surface area contributed by atoms with Crippen molar-refractivity contribution in [2.45, 2.75) is 0 Å². The first-order chi connectivity index (χ1) is 3.46. The van der Waals surface area contributed by atoms with Crippen molar-refractivity contribution in [1.82, 2.24) is 0 Å². The molecule has 0 aliphatic rings. The predicted octanol–water partition coefficient (Wildman–Crippen LogP) is -8.85. The maximum atomic E-state index is 8.60. The standard InChI is InChI=1S/Li.Na.2Nb.6O/q2*+1;;;;;;;2*-1. The van der Waals surface area contributed by atoms with E-state index in [9.17, 15) is 0 Å². The Hall–Kier alpha value is 2.20. The summed E-state index contributed by atoms with van der Waals surface area (Å²) in [6.45, 7) is 0. The van der Waals surface area contributed by atoms with E-state index in [1.54, 1.807) is 0 Å². The second kappa shape index (κ2) is 17.3. The summed E-state index contributed by atoms with van der Waals surface area (Å²) >= 11 is -8.40. The van der Waals surface area contributed by atoms with Gasteiger partial charge < -0.3 is 0 Å². The first-order valence-electron chi connectivity index (χ1n) is 1.10. The van der Waals surface area contributed by atoms with Crippen molar-refractivity contribution in [3.8, 4) is 0 Å². The summed E-state index contributed by atoms with van der Waals surface area (Å²) < 4.78 is 51.6. The Kier molecular flexibility index (Phi) is 39.4. The van der Waals surface area contributed by atoms with Crippen molar-refractivity contribution in [2.24, 2.45) is 0 Å². The van der Waals surface area contributed by atoms with Gasteiger partial charge in [-0.15, -0.1) is 0 Å². The van der Waals surface area contributed by atoms with Crippen LogP contribution in [0.1, 0.15) is 0 Å². The quantitative estimate of drug-likeness (QED) is 0.410. The molecule has 0 heterocycles. The molecule has 48 valence electrons. The minimum atomic E-state index is -4.20. The van der Waals surface area contributed by atoms with Gasteiger partial charge in [-0.2, -0.15) is 0 Å². The normalized spacial score (nSPS) is 5.00. The zero-order valence-corrected chi connectivity index (χ0v) is 11.7. The van der Waals surface area contributed by atoms with Crippen LogP contribution < -0.4 is 55.6 Å². The Morgan fingerprint density at radius 1 is 0.800 bits per heavy atom. The van der Waals surface area contributed by atoms with E-state index in [0.29, 0.717) is 0 Å². The number of rotatable bonds is 0. The minimum absolute atomic E-state index is 0. The molecular weight excluding hydrogens is 312 g/mol. The Balaban J connectivity index is -0.0000000300. The summed E-state index contributed by atoms with van der Waals surface area (Å²) in [6.07, 6.45) is 0. The number of hydrogen-bond acceptors (Lipinski definition) is 6. The molecule has 0 atom stereocenters. The fourth-order valence-corrected chi connectivity index (χ4v) is 0. The molecule has 0 spiro atoms. The molecule has 10 heavy (non-hydrogen) atoms. The van der Waals surface area contributed by atoms with Gasteiger partial charge in [0, 0.05) is 0 Å². The molecule has 0 saturated heterocycles. The third-order valence-electron chi connectivity index (χ3n) is 0. The van der Waals surface area contributed by atoms with Crippen molar-refractivity contribution in [3.05, 3.63) is 0 Å². The molecule has 6 nitrogen and oxygen atoms in total. The van der Waals surface area contributed by atoms with Crippen LogP contribution >= 0.6 is 0 Å². The molecule has 0 saturated carbocycles. The van der Waals surface area contributed by atoms with Crippen LogP contribution in [0.15, 0.2) is 0 Å². The molecular formula is LiNaNb2O6. The van der Waals surface area contributed by atoms with E-state index in [0.717, 1.165) is 0 Å². The summed E-state index contributed by atoms with van der Waals surface area (Å²) in [5, 5.41) is 0. The fourth-order valence-electron chi connectivity index (χ4n) is 0. The van der Waals surface area contributed by atoms with E-state index >= 15 is 0 Å². The van der Waals surface area contributed by atoms with Crippen molar-refractivity contribution in [1.29, 1.82) is 0 Å². The summed E-state index contributed by atoms with van der Waals surface area (Å²) in [4.78, 5) is 0. The Morgan fingerprint density at radius 3 is 0.800 bits per heavy atom. The first-order valence-corrected chi connectivity index (χ1v) is 6.48. The zero-order chi connectivity index (χ0) is 7.15. The van der Waals surface area contributed by atoms with E-state index in [1.807, 2.05) is 0 Å².